The Morgan fingerprint density at radius 2 is 1.09 bits per heavy atom. The number of hydrogen-bond donors (Lipinski definition) is 1. The second kappa shape index (κ2) is 9.68. The zero-order chi connectivity index (χ0) is 23.3. The van der Waals surface area contributed by atoms with E-state index in [2.05, 4.69) is 0 Å². The second-order valence-electron chi connectivity index (χ2n) is 8.64. The first kappa shape index (κ1) is 22.9. The summed E-state index contributed by atoms with van der Waals surface area (Å²) in [6.45, 7) is 0. The number of ether oxygens (including phenoxy) is 4. The van der Waals surface area contributed by atoms with E-state index in [0.29, 0.717) is 25.7 Å². The third-order valence-corrected chi connectivity index (χ3v) is 6.21. The summed E-state index contributed by atoms with van der Waals surface area (Å²) in [6.07, 6.45) is 18.4. The molecule has 4 rings (SSSR count). The maximum absolute atomic E-state index is 12.3. The minimum absolute atomic E-state index is 0.0497. The molecule has 2 aliphatic carbocycles. The van der Waals surface area contributed by atoms with Crippen LogP contribution in [-0.4, -0.2) is 34.6 Å². The largest absolute Gasteiger partial charge is 0.480 e. The molecule has 0 bridgehead atoms. The van der Waals surface area contributed by atoms with Gasteiger partial charge < -0.3 is 24.1 Å². The summed E-state index contributed by atoms with van der Waals surface area (Å²) in [7, 11) is 0. The fourth-order valence-corrected chi connectivity index (χ4v) is 4.48. The summed E-state index contributed by atoms with van der Waals surface area (Å²) >= 11 is 0. The highest BCUT2D eigenvalue weighted by Crippen LogP contribution is 2.39. The standard InChI is InChI=1S/C25H28O8/c26-20-18(21(27)31-24(30-20)14-8-4-9-15-24)12-6-2-1-3-7-13-19-22(28)32-25(33-23(19)29)16-10-5-11-17-25/h1-3,6-7,12-13,26H,4-5,8-11,14-17H2. The summed E-state index contributed by atoms with van der Waals surface area (Å²) in [5.74, 6) is -4.52. The molecule has 0 aromatic rings. The molecule has 2 heterocycles. The molecule has 0 aromatic carbocycles. The van der Waals surface area contributed by atoms with Crippen LogP contribution in [0.5, 0.6) is 0 Å². The van der Waals surface area contributed by atoms with Crippen molar-refractivity contribution >= 4 is 17.9 Å². The molecule has 8 heteroatoms. The molecule has 1 saturated heterocycles. The van der Waals surface area contributed by atoms with E-state index in [1.807, 2.05) is 0 Å². The van der Waals surface area contributed by atoms with Crippen LogP contribution < -0.4 is 0 Å². The summed E-state index contributed by atoms with van der Waals surface area (Å²) in [6, 6.07) is 0. The molecule has 2 saturated carbocycles. The van der Waals surface area contributed by atoms with E-state index in [0.717, 1.165) is 38.5 Å². The van der Waals surface area contributed by atoms with E-state index in [1.165, 1.54) is 18.2 Å². The van der Waals surface area contributed by atoms with Gasteiger partial charge in [0, 0.05) is 25.7 Å². The van der Waals surface area contributed by atoms with Crippen LogP contribution in [-0.2, 0) is 33.3 Å². The molecule has 2 aliphatic heterocycles. The van der Waals surface area contributed by atoms with Crippen molar-refractivity contribution in [3.63, 3.8) is 0 Å². The molecule has 176 valence electrons. The number of carbonyl (C=O) groups is 3. The van der Waals surface area contributed by atoms with Crippen LogP contribution in [0.15, 0.2) is 59.6 Å². The Kier molecular flexibility index (Phi) is 6.72. The lowest BCUT2D eigenvalue weighted by molar-refractivity contribution is -0.249. The summed E-state index contributed by atoms with van der Waals surface area (Å²) in [4.78, 5) is 36.8. The molecule has 2 spiro atoms. The number of rotatable bonds is 4. The van der Waals surface area contributed by atoms with Gasteiger partial charge in [-0.05, 0) is 37.8 Å². The van der Waals surface area contributed by atoms with E-state index in [1.54, 1.807) is 24.3 Å². The van der Waals surface area contributed by atoms with Gasteiger partial charge in [-0.25, -0.2) is 14.4 Å². The topological polar surface area (TPSA) is 108 Å². The molecule has 0 radical (unpaired) electrons. The Bertz CT molecular complexity index is 931. The molecule has 33 heavy (non-hydrogen) atoms. The first-order chi connectivity index (χ1) is 15.9. The Balaban J connectivity index is 1.32. The second-order valence-corrected chi connectivity index (χ2v) is 8.64. The molecule has 0 amide bonds. The average Bonchev–Trinajstić information content (AvgIpc) is 2.77. The van der Waals surface area contributed by atoms with Gasteiger partial charge in [0.25, 0.3) is 17.5 Å². The smallest absolute Gasteiger partial charge is 0.348 e. The van der Waals surface area contributed by atoms with Crippen molar-refractivity contribution in [2.24, 2.45) is 0 Å². The zero-order valence-corrected chi connectivity index (χ0v) is 18.4. The van der Waals surface area contributed by atoms with E-state index < -0.39 is 35.4 Å². The summed E-state index contributed by atoms with van der Waals surface area (Å²) in [5.41, 5.74) is -0.202. The fraction of sp³-hybridized carbons (Fsp3) is 0.480. The van der Waals surface area contributed by atoms with Gasteiger partial charge in [-0.1, -0.05) is 43.2 Å². The van der Waals surface area contributed by atoms with Crippen LogP contribution in [0.3, 0.4) is 0 Å². The lowest BCUT2D eigenvalue weighted by Gasteiger charge is -2.38. The molecular formula is C25H28O8. The van der Waals surface area contributed by atoms with Gasteiger partial charge in [0.05, 0.1) is 0 Å². The third-order valence-electron chi connectivity index (χ3n) is 6.21. The van der Waals surface area contributed by atoms with Crippen molar-refractivity contribution < 1.29 is 38.4 Å². The first-order valence-electron chi connectivity index (χ1n) is 11.5. The van der Waals surface area contributed by atoms with Crippen LogP contribution in [0, 0.1) is 0 Å². The third kappa shape index (κ3) is 5.21. The van der Waals surface area contributed by atoms with Crippen LogP contribution in [0.2, 0.25) is 0 Å². The monoisotopic (exact) mass is 456 g/mol. The number of allylic oxidation sites excluding steroid dienone is 6. The maximum atomic E-state index is 12.3. The number of hydrogen-bond acceptors (Lipinski definition) is 8. The van der Waals surface area contributed by atoms with Crippen molar-refractivity contribution in [1.82, 2.24) is 0 Å². The predicted octanol–water partition coefficient (Wildman–Crippen LogP) is 4.35. The van der Waals surface area contributed by atoms with Crippen molar-refractivity contribution in [2.75, 3.05) is 0 Å². The van der Waals surface area contributed by atoms with Crippen LogP contribution in [0.25, 0.3) is 0 Å². The molecule has 8 nitrogen and oxygen atoms in total. The zero-order valence-electron chi connectivity index (χ0n) is 18.4. The van der Waals surface area contributed by atoms with Crippen LogP contribution >= 0.6 is 0 Å². The van der Waals surface area contributed by atoms with Gasteiger partial charge in [0.15, 0.2) is 0 Å². The predicted molar refractivity (Wildman–Crippen MR) is 116 cm³/mol. The molecule has 1 N–H and O–H groups in total. The van der Waals surface area contributed by atoms with Gasteiger partial charge >= 0.3 is 17.9 Å². The fourth-order valence-electron chi connectivity index (χ4n) is 4.48. The number of esters is 3. The van der Waals surface area contributed by atoms with Gasteiger partial charge in [0.2, 0.25) is 0 Å². The quantitative estimate of drug-likeness (QED) is 0.288. The van der Waals surface area contributed by atoms with Crippen LogP contribution in [0.4, 0.5) is 0 Å². The Morgan fingerprint density at radius 1 is 0.606 bits per heavy atom. The van der Waals surface area contributed by atoms with E-state index in [-0.39, 0.29) is 11.1 Å². The van der Waals surface area contributed by atoms with Crippen molar-refractivity contribution in [1.29, 1.82) is 0 Å². The Hall–Kier alpha value is -3.29. The summed E-state index contributed by atoms with van der Waals surface area (Å²) < 4.78 is 21.8. The van der Waals surface area contributed by atoms with Crippen molar-refractivity contribution in [3.05, 3.63) is 59.6 Å². The van der Waals surface area contributed by atoms with Gasteiger partial charge in [-0.15, -0.1) is 0 Å². The average molecular weight is 456 g/mol. The number of aliphatic hydroxyl groups excluding tert-OH is 1. The minimum Gasteiger partial charge on any atom is -0.480 e. The highest BCUT2D eigenvalue weighted by molar-refractivity contribution is 6.15. The van der Waals surface area contributed by atoms with Crippen molar-refractivity contribution in [2.45, 2.75) is 75.8 Å². The van der Waals surface area contributed by atoms with E-state index >= 15 is 0 Å². The van der Waals surface area contributed by atoms with E-state index in [9.17, 15) is 19.5 Å². The molecule has 0 aromatic heterocycles. The maximum Gasteiger partial charge on any atom is 0.348 e. The van der Waals surface area contributed by atoms with Gasteiger partial charge in [-0.3, -0.25) is 0 Å². The SMILES string of the molecule is O=C1OC2(CCCCC2)OC(=O)C1=CC=CC=CC=CC1=C(O)OC2(CCCCC2)OC1=O. The summed E-state index contributed by atoms with van der Waals surface area (Å²) in [5, 5.41) is 10.2. The Labute approximate surface area is 192 Å². The van der Waals surface area contributed by atoms with E-state index in [4.69, 9.17) is 18.9 Å². The normalized spacial score (nSPS) is 25.0. The number of carbonyl (C=O) groups excluding carboxylic acids is 3. The first-order valence-corrected chi connectivity index (χ1v) is 11.5. The lowest BCUT2D eigenvalue weighted by atomic mass is 9.93. The van der Waals surface area contributed by atoms with Gasteiger partial charge in [0.1, 0.15) is 11.1 Å². The van der Waals surface area contributed by atoms with Crippen molar-refractivity contribution in [3.8, 4) is 0 Å². The van der Waals surface area contributed by atoms with Crippen LogP contribution in [0.1, 0.15) is 64.2 Å². The molecule has 3 fully saturated rings. The number of aliphatic hydroxyl groups is 1. The Morgan fingerprint density at radius 3 is 1.67 bits per heavy atom. The molecule has 0 unspecified atom stereocenters. The molecular weight excluding hydrogens is 428 g/mol. The molecule has 0 atom stereocenters. The highest BCUT2D eigenvalue weighted by atomic mass is 16.8. The lowest BCUT2D eigenvalue weighted by Crippen LogP contribution is -2.47. The minimum atomic E-state index is -1.10. The highest BCUT2D eigenvalue weighted by Gasteiger charge is 2.46. The molecule has 4 aliphatic rings. The van der Waals surface area contributed by atoms with Gasteiger partial charge in [-0.2, -0.15) is 0 Å².